The van der Waals surface area contributed by atoms with Gasteiger partial charge in [0.05, 0.1) is 26.7 Å². The largest absolute Gasteiger partial charge is 0.497 e. The van der Waals surface area contributed by atoms with Gasteiger partial charge in [0.25, 0.3) is 0 Å². The van der Waals surface area contributed by atoms with Gasteiger partial charge >= 0.3 is 0 Å². The van der Waals surface area contributed by atoms with E-state index in [1.807, 2.05) is 61.5 Å². The van der Waals surface area contributed by atoms with E-state index in [0.29, 0.717) is 25.6 Å². The Bertz CT molecular complexity index is 1050. The van der Waals surface area contributed by atoms with Gasteiger partial charge in [0.2, 0.25) is 11.9 Å². The van der Waals surface area contributed by atoms with E-state index >= 15 is 0 Å². The van der Waals surface area contributed by atoms with Crippen LogP contribution in [0.1, 0.15) is 11.3 Å². The molecule has 0 spiro atoms. The number of carbonyl (C=O) groups excluding carboxylic acids is 1. The second kappa shape index (κ2) is 10.1. The highest BCUT2D eigenvalue weighted by Crippen LogP contribution is 2.21. The molecular formula is C24H27N5O3. The zero-order chi connectivity index (χ0) is 22.3. The van der Waals surface area contributed by atoms with E-state index in [0.717, 1.165) is 47.3 Å². The van der Waals surface area contributed by atoms with E-state index in [4.69, 9.17) is 9.47 Å². The maximum Gasteiger partial charge on any atom is 0.228 e. The van der Waals surface area contributed by atoms with Crippen molar-refractivity contribution < 1.29 is 14.3 Å². The first kappa shape index (κ1) is 21.6. The molecular weight excluding hydrogens is 406 g/mol. The van der Waals surface area contributed by atoms with Gasteiger partial charge in [-0.3, -0.25) is 4.79 Å². The topological polar surface area (TPSA) is 88.6 Å². The number of rotatable bonds is 7. The van der Waals surface area contributed by atoms with Crippen molar-refractivity contribution in [3.05, 3.63) is 65.9 Å². The first-order valence-corrected chi connectivity index (χ1v) is 10.6. The molecule has 1 aliphatic rings. The molecule has 2 aromatic carbocycles. The van der Waals surface area contributed by atoms with Gasteiger partial charge in [-0.25, -0.2) is 4.98 Å². The summed E-state index contributed by atoms with van der Waals surface area (Å²) in [6, 6.07) is 16.9. The van der Waals surface area contributed by atoms with Crippen molar-refractivity contribution in [2.45, 2.75) is 13.3 Å². The third-order valence-corrected chi connectivity index (χ3v) is 5.10. The average Bonchev–Trinajstić information content (AvgIpc) is 2.81. The number of aromatic nitrogens is 2. The molecule has 0 atom stereocenters. The predicted octanol–water partition coefficient (Wildman–Crippen LogP) is 3.56. The standard InChI is InChI=1S/C24H27N5O3/c1-17-15-22(28-24(25-17)29-11-13-32-14-12-29)26-19-5-7-20(8-6-19)27-23(30)16-18-3-9-21(31-2)10-4-18/h3-10,15H,11-14,16H2,1-2H3,(H,27,30)(H,25,26,28). The van der Waals surface area contributed by atoms with E-state index in [1.165, 1.54) is 0 Å². The molecule has 3 aromatic rings. The van der Waals surface area contributed by atoms with Crippen LogP contribution in [-0.4, -0.2) is 49.3 Å². The number of nitrogens with zero attached hydrogens (tertiary/aromatic N) is 3. The van der Waals surface area contributed by atoms with Crippen molar-refractivity contribution in [3.63, 3.8) is 0 Å². The Morgan fingerprint density at radius 1 is 1.03 bits per heavy atom. The van der Waals surface area contributed by atoms with Crippen LogP contribution in [-0.2, 0) is 16.0 Å². The third kappa shape index (κ3) is 5.73. The van der Waals surface area contributed by atoms with Crippen LogP contribution in [0.4, 0.5) is 23.1 Å². The highest BCUT2D eigenvalue weighted by molar-refractivity contribution is 5.92. The number of morpholine rings is 1. The number of aryl methyl sites for hydroxylation is 1. The lowest BCUT2D eigenvalue weighted by atomic mass is 10.1. The maximum atomic E-state index is 12.3. The van der Waals surface area contributed by atoms with Crippen molar-refractivity contribution in [2.24, 2.45) is 0 Å². The zero-order valence-electron chi connectivity index (χ0n) is 18.3. The normalized spacial score (nSPS) is 13.5. The molecule has 1 amide bonds. The molecule has 0 saturated carbocycles. The Hall–Kier alpha value is -3.65. The number of hydrogen-bond donors (Lipinski definition) is 2. The molecule has 0 aliphatic carbocycles. The zero-order valence-corrected chi connectivity index (χ0v) is 18.3. The monoisotopic (exact) mass is 433 g/mol. The minimum absolute atomic E-state index is 0.0718. The van der Waals surface area contributed by atoms with Crippen molar-refractivity contribution in [1.29, 1.82) is 0 Å². The van der Waals surface area contributed by atoms with Crippen LogP contribution >= 0.6 is 0 Å². The number of nitrogens with one attached hydrogen (secondary N) is 2. The summed E-state index contributed by atoms with van der Waals surface area (Å²) in [5.74, 6) is 2.14. The van der Waals surface area contributed by atoms with E-state index in [2.05, 4.69) is 25.5 Å². The average molecular weight is 434 g/mol. The molecule has 1 fully saturated rings. The molecule has 0 unspecified atom stereocenters. The number of anilines is 4. The first-order chi connectivity index (χ1) is 15.6. The minimum atomic E-state index is -0.0718. The number of hydrogen-bond acceptors (Lipinski definition) is 7. The first-order valence-electron chi connectivity index (χ1n) is 10.6. The summed E-state index contributed by atoms with van der Waals surface area (Å²) < 4.78 is 10.6. The molecule has 8 nitrogen and oxygen atoms in total. The van der Waals surface area contributed by atoms with Crippen molar-refractivity contribution >= 4 is 29.0 Å². The van der Waals surface area contributed by atoms with Crippen LogP contribution in [0.15, 0.2) is 54.6 Å². The van der Waals surface area contributed by atoms with E-state index in [9.17, 15) is 4.79 Å². The minimum Gasteiger partial charge on any atom is -0.497 e. The predicted molar refractivity (Wildman–Crippen MR) is 125 cm³/mol. The van der Waals surface area contributed by atoms with Gasteiger partial charge in [-0.2, -0.15) is 4.98 Å². The van der Waals surface area contributed by atoms with Gasteiger partial charge < -0.3 is 25.0 Å². The van der Waals surface area contributed by atoms with E-state index in [1.54, 1.807) is 7.11 Å². The number of benzene rings is 2. The highest BCUT2D eigenvalue weighted by Gasteiger charge is 2.15. The van der Waals surface area contributed by atoms with Crippen LogP contribution in [0.2, 0.25) is 0 Å². The Morgan fingerprint density at radius 3 is 2.41 bits per heavy atom. The SMILES string of the molecule is COc1ccc(CC(=O)Nc2ccc(Nc3cc(C)nc(N4CCOCC4)n3)cc2)cc1. The summed E-state index contributed by atoms with van der Waals surface area (Å²) in [6.45, 7) is 4.90. The molecule has 166 valence electrons. The number of carbonyl (C=O) groups is 1. The third-order valence-electron chi connectivity index (χ3n) is 5.10. The maximum absolute atomic E-state index is 12.3. The van der Waals surface area contributed by atoms with Crippen molar-refractivity contribution in [1.82, 2.24) is 9.97 Å². The number of methoxy groups -OCH3 is 1. The second-order valence-corrected chi connectivity index (χ2v) is 7.57. The molecule has 4 rings (SSSR count). The van der Waals surface area contributed by atoms with Crippen LogP contribution in [0, 0.1) is 6.92 Å². The van der Waals surface area contributed by atoms with Gasteiger partial charge in [0.1, 0.15) is 11.6 Å². The lowest BCUT2D eigenvalue weighted by Gasteiger charge is -2.27. The summed E-state index contributed by atoms with van der Waals surface area (Å²) >= 11 is 0. The smallest absolute Gasteiger partial charge is 0.228 e. The lowest BCUT2D eigenvalue weighted by Crippen LogP contribution is -2.37. The number of amides is 1. The van der Waals surface area contributed by atoms with Gasteiger partial charge in [-0.15, -0.1) is 0 Å². The van der Waals surface area contributed by atoms with E-state index in [-0.39, 0.29) is 5.91 Å². The Morgan fingerprint density at radius 2 is 1.72 bits per heavy atom. The van der Waals surface area contributed by atoms with Gasteiger partial charge in [0, 0.05) is 36.2 Å². The van der Waals surface area contributed by atoms with Crippen LogP contribution in [0.25, 0.3) is 0 Å². The van der Waals surface area contributed by atoms with Crippen molar-refractivity contribution in [3.8, 4) is 5.75 Å². The summed E-state index contributed by atoms with van der Waals surface area (Å²) in [6.07, 6.45) is 0.300. The molecule has 0 bridgehead atoms. The fourth-order valence-corrected chi connectivity index (χ4v) is 3.44. The summed E-state index contributed by atoms with van der Waals surface area (Å²) in [5.41, 5.74) is 3.44. The second-order valence-electron chi connectivity index (χ2n) is 7.57. The summed E-state index contributed by atoms with van der Waals surface area (Å²) in [4.78, 5) is 23.7. The summed E-state index contributed by atoms with van der Waals surface area (Å²) in [5, 5.41) is 6.25. The Balaban J connectivity index is 1.36. The molecule has 32 heavy (non-hydrogen) atoms. The Kier molecular flexibility index (Phi) is 6.81. The van der Waals surface area contributed by atoms with Crippen LogP contribution in [0.5, 0.6) is 5.75 Å². The number of ether oxygens (including phenoxy) is 2. The molecule has 2 N–H and O–H groups in total. The van der Waals surface area contributed by atoms with Gasteiger partial charge in [-0.05, 0) is 48.9 Å². The Labute approximate surface area is 187 Å². The molecule has 1 saturated heterocycles. The molecule has 8 heteroatoms. The van der Waals surface area contributed by atoms with E-state index < -0.39 is 0 Å². The lowest BCUT2D eigenvalue weighted by molar-refractivity contribution is -0.115. The summed E-state index contributed by atoms with van der Waals surface area (Å²) in [7, 11) is 1.62. The quantitative estimate of drug-likeness (QED) is 0.589. The molecule has 1 aromatic heterocycles. The van der Waals surface area contributed by atoms with Crippen LogP contribution < -0.4 is 20.3 Å². The molecule has 1 aliphatic heterocycles. The molecule has 2 heterocycles. The fourth-order valence-electron chi connectivity index (χ4n) is 3.44. The fraction of sp³-hybridized carbons (Fsp3) is 0.292. The van der Waals surface area contributed by atoms with Crippen molar-refractivity contribution in [2.75, 3.05) is 48.9 Å². The van der Waals surface area contributed by atoms with Gasteiger partial charge in [-0.1, -0.05) is 12.1 Å². The molecule has 0 radical (unpaired) electrons. The highest BCUT2D eigenvalue weighted by atomic mass is 16.5. The van der Waals surface area contributed by atoms with Crippen LogP contribution in [0.3, 0.4) is 0 Å². The van der Waals surface area contributed by atoms with Gasteiger partial charge in [0.15, 0.2) is 0 Å².